The van der Waals surface area contributed by atoms with Gasteiger partial charge in [0.25, 0.3) is 0 Å². The van der Waals surface area contributed by atoms with Gasteiger partial charge >= 0.3 is 5.97 Å². The van der Waals surface area contributed by atoms with Crippen molar-refractivity contribution in [3.63, 3.8) is 0 Å². The van der Waals surface area contributed by atoms with E-state index in [1.54, 1.807) is 5.51 Å². The van der Waals surface area contributed by atoms with Crippen LogP contribution < -0.4 is 16.0 Å². The van der Waals surface area contributed by atoms with Crippen LogP contribution in [0.15, 0.2) is 5.51 Å². The fourth-order valence-corrected chi connectivity index (χ4v) is 3.12. The highest BCUT2D eigenvalue weighted by molar-refractivity contribution is 7.16. The van der Waals surface area contributed by atoms with Crippen LogP contribution >= 0.6 is 11.3 Å². The highest BCUT2D eigenvalue weighted by Crippen LogP contribution is 2.28. The number of esters is 1. The number of nitrogens with two attached hydrogens (primary N) is 1. The Morgan fingerprint density at radius 2 is 2.48 bits per heavy atom. The van der Waals surface area contributed by atoms with Crippen molar-refractivity contribution in [2.24, 2.45) is 0 Å². The van der Waals surface area contributed by atoms with Crippen LogP contribution in [0.25, 0.3) is 10.3 Å². The number of nitrogens with zero attached hydrogens (tertiary/aromatic N) is 4. The number of hydrogen-bond donors (Lipinski definition) is 2. The maximum absolute atomic E-state index is 11.6. The second-order valence-corrected chi connectivity index (χ2v) is 5.58. The van der Waals surface area contributed by atoms with Gasteiger partial charge in [-0.25, -0.2) is 9.97 Å². The van der Waals surface area contributed by atoms with Crippen LogP contribution in [0.4, 0.5) is 11.8 Å². The molecule has 112 valence electrons. The minimum Gasteiger partial charge on any atom is -0.469 e. The molecule has 1 unspecified atom stereocenters. The third-order valence-corrected chi connectivity index (χ3v) is 4.17. The molecule has 2 aromatic rings. The number of thiazole rings is 1. The van der Waals surface area contributed by atoms with E-state index in [0.29, 0.717) is 18.8 Å². The molecular weight excluding hydrogens is 292 g/mol. The maximum Gasteiger partial charge on any atom is 0.307 e. The lowest BCUT2D eigenvalue weighted by atomic mass is 10.1. The van der Waals surface area contributed by atoms with Gasteiger partial charge in [-0.05, 0) is 0 Å². The van der Waals surface area contributed by atoms with Crippen molar-refractivity contribution in [1.82, 2.24) is 20.3 Å². The molecule has 0 aromatic carbocycles. The minimum atomic E-state index is -0.245. The number of anilines is 2. The number of ether oxygens (including phenoxy) is 1. The number of hydrogen-bond acceptors (Lipinski definition) is 9. The zero-order chi connectivity index (χ0) is 14.8. The molecule has 1 fully saturated rings. The molecule has 8 nitrogen and oxygen atoms in total. The van der Waals surface area contributed by atoms with Crippen molar-refractivity contribution in [2.45, 2.75) is 12.5 Å². The van der Waals surface area contributed by atoms with Crippen molar-refractivity contribution in [3.05, 3.63) is 5.51 Å². The van der Waals surface area contributed by atoms with Crippen molar-refractivity contribution < 1.29 is 9.53 Å². The number of methoxy groups -OCH3 is 1. The van der Waals surface area contributed by atoms with Crippen LogP contribution in [0, 0.1) is 0 Å². The largest absolute Gasteiger partial charge is 0.469 e. The molecule has 1 saturated heterocycles. The van der Waals surface area contributed by atoms with Crippen molar-refractivity contribution in [3.8, 4) is 0 Å². The van der Waals surface area contributed by atoms with E-state index in [4.69, 9.17) is 10.5 Å². The minimum absolute atomic E-state index is 0.0367. The molecular formula is C12H16N6O2S. The average Bonchev–Trinajstić information content (AvgIpc) is 2.95. The first-order valence-corrected chi connectivity index (χ1v) is 7.48. The average molecular weight is 308 g/mol. The summed E-state index contributed by atoms with van der Waals surface area (Å²) in [7, 11) is 1.39. The van der Waals surface area contributed by atoms with E-state index < -0.39 is 0 Å². The molecule has 3 N–H and O–H groups in total. The van der Waals surface area contributed by atoms with E-state index in [-0.39, 0.29) is 18.0 Å². The molecule has 21 heavy (non-hydrogen) atoms. The predicted octanol–water partition coefficient (Wildman–Crippen LogP) is 0.00980. The Bertz CT molecular complexity index is 660. The predicted molar refractivity (Wildman–Crippen MR) is 80.3 cm³/mol. The molecule has 9 heteroatoms. The Morgan fingerprint density at radius 3 is 3.29 bits per heavy atom. The molecule has 0 radical (unpaired) electrons. The van der Waals surface area contributed by atoms with Gasteiger partial charge in [-0.15, -0.1) is 11.3 Å². The molecule has 0 aliphatic carbocycles. The Labute approximate surface area is 125 Å². The second-order valence-electron chi connectivity index (χ2n) is 4.74. The topological polar surface area (TPSA) is 106 Å². The first-order chi connectivity index (χ1) is 10.2. The highest BCUT2D eigenvalue weighted by Gasteiger charge is 2.28. The van der Waals surface area contributed by atoms with Gasteiger partial charge in [0.05, 0.1) is 25.1 Å². The monoisotopic (exact) mass is 308 g/mol. The standard InChI is InChI=1S/C12H16N6O2S/c1-20-8(19)4-7-5-14-2-3-18(7)10-9-11(21-6-15-9)17-12(13)16-10/h6-7,14H,2-5H2,1H3,(H2,13,16,17). The summed E-state index contributed by atoms with van der Waals surface area (Å²) in [6.45, 7) is 2.22. The third-order valence-electron chi connectivity index (χ3n) is 3.45. The van der Waals surface area contributed by atoms with Gasteiger partial charge in [-0.3, -0.25) is 4.79 Å². The lowest BCUT2D eigenvalue weighted by Crippen LogP contribution is -2.52. The zero-order valence-corrected chi connectivity index (χ0v) is 12.4. The van der Waals surface area contributed by atoms with E-state index in [0.717, 1.165) is 23.4 Å². The number of piperazine rings is 1. The van der Waals surface area contributed by atoms with Gasteiger partial charge in [0, 0.05) is 19.6 Å². The summed E-state index contributed by atoms with van der Waals surface area (Å²) in [5.74, 6) is 0.663. The fourth-order valence-electron chi connectivity index (χ4n) is 2.46. The van der Waals surface area contributed by atoms with E-state index in [1.807, 2.05) is 0 Å². The van der Waals surface area contributed by atoms with Crippen molar-refractivity contribution >= 4 is 39.4 Å². The summed E-state index contributed by atoms with van der Waals surface area (Å²) >= 11 is 1.42. The Hall–Kier alpha value is -2.00. The van der Waals surface area contributed by atoms with Crippen LogP contribution in [-0.2, 0) is 9.53 Å². The number of nitrogen functional groups attached to an aromatic ring is 1. The summed E-state index contributed by atoms with van der Waals surface area (Å²) < 4.78 is 4.77. The number of nitrogens with one attached hydrogen (secondary N) is 1. The number of carbonyl (C=O) groups is 1. The number of carbonyl (C=O) groups excluding carboxylic acids is 1. The molecule has 3 heterocycles. The molecule has 0 spiro atoms. The molecule has 0 amide bonds. The molecule has 3 rings (SSSR count). The van der Waals surface area contributed by atoms with Gasteiger partial charge in [0.1, 0.15) is 5.52 Å². The van der Waals surface area contributed by atoms with Crippen LogP contribution in [0.1, 0.15) is 6.42 Å². The SMILES string of the molecule is COC(=O)CC1CNCCN1c1nc(N)nc2scnc12. The molecule has 1 aliphatic rings. The van der Waals surface area contributed by atoms with Crippen LogP contribution in [-0.4, -0.2) is 53.7 Å². The lowest BCUT2D eigenvalue weighted by Gasteiger charge is -2.36. The van der Waals surface area contributed by atoms with Gasteiger partial charge in [-0.1, -0.05) is 0 Å². The quantitative estimate of drug-likeness (QED) is 0.764. The second kappa shape index (κ2) is 5.78. The van der Waals surface area contributed by atoms with Crippen molar-refractivity contribution in [2.75, 3.05) is 37.4 Å². The number of fused-ring (bicyclic) bond motifs is 1. The molecule has 0 saturated carbocycles. The van der Waals surface area contributed by atoms with Crippen LogP contribution in [0.2, 0.25) is 0 Å². The first-order valence-electron chi connectivity index (χ1n) is 6.60. The van der Waals surface area contributed by atoms with Crippen LogP contribution in [0.3, 0.4) is 0 Å². The lowest BCUT2D eigenvalue weighted by molar-refractivity contribution is -0.141. The molecule has 2 aromatic heterocycles. The van der Waals surface area contributed by atoms with Gasteiger partial charge in [-0.2, -0.15) is 4.98 Å². The van der Waals surface area contributed by atoms with E-state index in [9.17, 15) is 4.79 Å². The smallest absolute Gasteiger partial charge is 0.307 e. The summed E-state index contributed by atoms with van der Waals surface area (Å²) in [4.78, 5) is 27.3. The van der Waals surface area contributed by atoms with Gasteiger partial charge in [0.15, 0.2) is 10.6 Å². The Kier molecular flexibility index (Phi) is 3.84. The summed E-state index contributed by atoms with van der Waals surface area (Å²) in [6.07, 6.45) is 0.291. The number of rotatable bonds is 3. The summed E-state index contributed by atoms with van der Waals surface area (Å²) in [6, 6.07) is -0.0367. The third kappa shape index (κ3) is 2.74. The van der Waals surface area contributed by atoms with E-state index >= 15 is 0 Å². The highest BCUT2D eigenvalue weighted by atomic mass is 32.1. The zero-order valence-electron chi connectivity index (χ0n) is 11.6. The fraction of sp³-hybridized carbons (Fsp3) is 0.500. The summed E-state index contributed by atoms with van der Waals surface area (Å²) in [5, 5.41) is 3.28. The maximum atomic E-state index is 11.6. The van der Waals surface area contributed by atoms with E-state index in [1.165, 1.54) is 18.4 Å². The Morgan fingerprint density at radius 1 is 1.62 bits per heavy atom. The van der Waals surface area contributed by atoms with Gasteiger partial charge in [0.2, 0.25) is 5.95 Å². The van der Waals surface area contributed by atoms with Gasteiger partial charge < -0.3 is 20.7 Å². The number of aromatic nitrogens is 3. The summed E-state index contributed by atoms with van der Waals surface area (Å²) in [5.41, 5.74) is 8.24. The Balaban J connectivity index is 1.97. The van der Waals surface area contributed by atoms with Crippen LogP contribution in [0.5, 0.6) is 0 Å². The molecule has 1 atom stereocenters. The molecule has 1 aliphatic heterocycles. The molecule has 0 bridgehead atoms. The normalized spacial score (nSPS) is 18.9. The first kappa shape index (κ1) is 14.0. The van der Waals surface area contributed by atoms with E-state index in [2.05, 4.69) is 25.2 Å². The van der Waals surface area contributed by atoms with Crippen molar-refractivity contribution in [1.29, 1.82) is 0 Å².